The fraction of sp³-hybridized carbons (Fsp3) is 0.765. The number of aromatic nitrogens is 1. The van der Waals surface area contributed by atoms with Crippen LogP contribution in [0.4, 0.5) is 0 Å². The van der Waals surface area contributed by atoms with Gasteiger partial charge in [0.15, 0.2) is 5.96 Å². The molecule has 3 rings (SSSR count). The van der Waals surface area contributed by atoms with Crippen LogP contribution < -0.4 is 10.6 Å². The molecule has 0 aromatic carbocycles. The van der Waals surface area contributed by atoms with Crippen LogP contribution in [-0.4, -0.2) is 60.8 Å². The van der Waals surface area contributed by atoms with Crippen molar-refractivity contribution in [2.45, 2.75) is 52.3 Å². The summed E-state index contributed by atoms with van der Waals surface area (Å²) in [5, 5.41) is 6.64. The second kappa shape index (κ2) is 9.72. The third kappa shape index (κ3) is 5.55. The Morgan fingerprint density at radius 2 is 2.20 bits per heavy atom. The van der Waals surface area contributed by atoms with E-state index in [0.717, 1.165) is 43.7 Å². The first-order chi connectivity index (χ1) is 11.7. The van der Waals surface area contributed by atoms with E-state index in [4.69, 9.17) is 9.15 Å². The van der Waals surface area contributed by atoms with E-state index in [0.29, 0.717) is 18.5 Å². The highest BCUT2D eigenvalue weighted by molar-refractivity contribution is 14.0. The van der Waals surface area contributed by atoms with Crippen LogP contribution in [0.15, 0.2) is 9.41 Å². The summed E-state index contributed by atoms with van der Waals surface area (Å²) in [6, 6.07) is 0.639. The van der Waals surface area contributed by atoms with E-state index in [1.165, 1.54) is 19.4 Å². The van der Waals surface area contributed by atoms with Crippen LogP contribution in [0.5, 0.6) is 0 Å². The minimum atomic E-state index is 0. The third-order valence-electron chi connectivity index (χ3n) is 4.75. The number of oxazole rings is 1. The van der Waals surface area contributed by atoms with Crippen molar-refractivity contribution in [3.63, 3.8) is 0 Å². The van der Waals surface area contributed by atoms with Crippen LogP contribution in [-0.2, 0) is 11.3 Å². The molecule has 3 heterocycles. The SMILES string of the molecule is CCNC(=NCc1nc(C)c(C)o1)NCC1CN2CCCC2CO1.I. The van der Waals surface area contributed by atoms with Gasteiger partial charge in [-0.25, -0.2) is 9.98 Å². The topological polar surface area (TPSA) is 74.9 Å². The Balaban J connectivity index is 0.00000225. The summed E-state index contributed by atoms with van der Waals surface area (Å²) in [7, 11) is 0. The highest BCUT2D eigenvalue weighted by Gasteiger charge is 2.32. The Morgan fingerprint density at radius 1 is 1.36 bits per heavy atom. The number of hydrogen-bond donors (Lipinski definition) is 2. The van der Waals surface area contributed by atoms with Crippen molar-refractivity contribution in [1.82, 2.24) is 20.5 Å². The minimum Gasteiger partial charge on any atom is -0.444 e. The first-order valence-electron chi connectivity index (χ1n) is 8.96. The fourth-order valence-electron chi connectivity index (χ4n) is 3.31. The second-order valence-electron chi connectivity index (χ2n) is 6.57. The number of hydrogen-bond acceptors (Lipinski definition) is 5. The van der Waals surface area contributed by atoms with Crippen LogP contribution in [0.1, 0.15) is 37.1 Å². The van der Waals surface area contributed by atoms with Crippen molar-refractivity contribution < 1.29 is 9.15 Å². The summed E-state index contributed by atoms with van der Waals surface area (Å²) in [6.45, 7) is 11.0. The largest absolute Gasteiger partial charge is 0.444 e. The number of ether oxygens (including phenoxy) is 1. The molecule has 8 heteroatoms. The molecular weight excluding hydrogens is 433 g/mol. The van der Waals surface area contributed by atoms with E-state index < -0.39 is 0 Å². The quantitative estimate of drug-likeness (QED) is 0.395. The van der Waals surface area contributed by atoms with E-state index in [1.807, 2.05) is 13.8 Å². The van der Waals surface area contributed by atoms with E-state index >= 15 is 0 Å². The molecular formula is C17H30IN5O2. The third-order valence-corrected chi connectivity index (χ3v) is 4.75. The molecule has 2 fully saturated rings. The molecule has 25 heavy (non-hydrogen) atoms. The second-order valence-corrected chi connectivity index (χ2v) is 6.57. The fourth-order valence-corrected chi connectivity index (χ4v) is 3.31. The van der Waals surface area contributed by atoms with Gasteiger partial charge in [0.05, 0.1) is 18.4 Å². The highest BCUT2D eigenvalue weighted by atomic mass is 127. The van der Waals surface area contributed by atoms with Crippen LogP contribution in [0.2, 0.25) is 0 Å². The maximum absolute atomic E-state index is 5.98. The molecule has 1 aromatic rings. The molecule has 1 aromatic heterocycles. The van der Waals surface area contributed by atoms with Gasteiger partial charge in [0, 0.05) is 25.7 Å². The number of fused-ring (bicyclic) bond motifs is 1. The molecule has 0 aliphatic carbocycles. The standard InChI is InChI=1S/C17H29N5O2.HI/c1-4-18-17(20-9-16-21-12(2)13(3)24-16)19-8-15-10-22-7-5-6-14(22)11-23-15;/h14-15H,4-11H2,1-3H3,(H2,18,19,20);1H. The molecule has 2 atom stereocenters. The number of halogens is 1. The van der Waals surface area contributed by atoms with Crippen LogP contribution in [0.3, 0.4) is 0 Å². The van der Waals surface area contributed by atoms with Gasteiger partial charge in [0.25, 0.3) is 0 Å². The Morgan fingerprint density at radius 3 is 2.92 bits per heavy atom. The lowest BCUT2D eigenvalue weighted by atomic mass is 10.2. The molecule has 2 aliphatic rings. The van der Waals surface area contributed by atoms with E-state index in [1.54, 1.807) is 0 Å². The molecule has 0 amide bonds. The van der Waals surface area contributed by atoms with Gasteiger partial charge in [-0.15, -0.1) is 24.0 Å². The van der Waals surface area contributed by atoms with Crippen molar-refractivity contribution in [2.24, 2.45) is 4.99 Å². The molecule has 2 aliphatic heterocycles. The number of morpholine rings is 1. The highest BCUT2D eigenvalue weighted by Crippen LogP contribution is 2.22. The Labute approximate surface area is 167 Å². The zero-order valence-electron chi connectivity index (χ0n) is 15.4. The molecule has 2 N–H and O–H groups in total. The number of nitrogens with one attached hydrogen (secondary N) is 2. The lowest BCUT2D eigenvalue weighted by Crippen LogP contribution is -2.51. The van der Waals surface area contributed by atoms with Gasteiger partial charge in [-0.1, -0.05) is 0 Å². The number of nitrogens with zero attached hydrogens (tertiary/aromatic N) is 3. The van der Waals surface area contributed by atoms with Crippen molar-refractivity contribution in [3.05, 3.63) is 17.3 Å². The number of rotatable bonds is 5. The molecule has 0 radical (unpaired) electrons. The molecule has 2 unspecified atom stereocenters. The predicted molar refractivity (Wildman–Crippen MR) is 109 cm³/mol. The Hall–Kier alpha value is -0.870. The summed E-state index contributed by atoms with van der Waals surface area (Å²) < 4.78 is 11.6. The summed E-state index contributed by atoms with van der Waals surface area (Å²) in [6.07, 6.45) is 2.79. The van der Waals surface area contributed by atoms with Gasteiger partial charge in [-0.2, -0.15) is 0 Å². The summed E-state index contributed by atoms with van der Waals surface area (Å²) >= 11 is 0. The monoisotopic (exact) mass is 463 g/mol. The first kappa shape index (κ1) is 20.4. The van der Waals surface area contributed by atoms with Crippen molar-refractivity contribution >= 4 is 29.9 Å². The maximum Gasteiger partial charge on any atom is 0.216 e. The van der Waals surface area contributed by atoms with Gasteiger partial charge >= 0.3 is 0 Å². The molecule has 2 saturated heterocycles. The lowest BCUT2D eigenvalue weighted by molar-refractivity contribution is -0.0453. The summed E-state index contributed by atoms with van der Waals surface area (Å²) in [5.41, 5.74) is 0.925. The predicted octanol–water partition coefficient (Wildman–Crippen LogP) is 1.83. The zero-order valence-corrected chi connectivity index (χ0v) is 17.7. The van der Waals surface area contributed by atoms with Crippen LogP contribution in [0, 0.1) is 13.8 Å². The van der Waals surface area contributed by atoms with E-state index in [9.17, 15) is 0 Å². The van der Waals surface area contributed by atoms with Gasteiger partial charge in [0.1, 0.15) is 12.3 Å². The van der Waals surface area contributed by atoms with Gasteiger partial charge in [-0.3, -0.25) is 4.90 Å². The van der Waals surface area contributed by atoms with Crippen LogP contribution in [0.25, 0.3) is 0 Å². The average molecular weight is 463 g/mol. The van der Waals surface area contributed by atoms with Crippen molar-refractivity contribution in [1.29, 1.82) is 0 Å². The summed E-state index contributed by atoms with van der Waals surface area (Å²) in [5.74, 6) is 2.28. The van der Waals surface area contributed by atoms with Gasteiger partial charge < -0.3 is 19.8 Å². The zero-order chi connectivity index (χ0) is 16.9. The lowest BCUT2D eigenvalue weighted by Gasteiger charge is -2.35. The van der Waals surface area contributed by atoms with Crippen molar-refractivity contribution in [2.75, 3.05) is 32.8 Å². The van der Waals surface area contributed by atoms with Gasteiger partial charge in [0.2, 0.25) is 5.89 Å². The van der Waals surface area contributed by atoms with Gasteiger partial charge in [-0.05, 0) is 40.2 Å². The van der Waals surface area contributed by atoms with Crippen LogP contribution >= 0.6 is 24.0 Å². The Kier molecular flexibility index (Phi) is 7.95. The number of guanidine groups is 1. The van der Waals surface area contributed by atoms with Crippen molar-refractivity contribution in [3.8, 4) is 0 Å². The number of aliphatic imine (C=N–C) groups is 1. The average Bonchev–Trinajstić information content (AvgIpc) is 3.16. The number of aryl methyl sites for hydroxylation is 2. The molecule has 0 spiro atoms. The molecule has 7 nitrogen and oxygen atoms in total. The molecule has 0 bridgehead atoms. The first-order valence-corrected chi connectivity index (χ1v) is 8.96. The smallest absolute Gasteiger partial charge is 0.216 e. The van der Waals surface area contributed by atoms with E-state index in [2.05, 4.69) is 32.4 Å². The van der Waals surface area contributed by atoms with E-state index in [-0.39, 0.29) is 30.1 Å². The minimum absolute atomic E-state index is 0. The maximum atomic E-state index is 5.98. The summed E-state index contributed by atoms with van der Waals surface area (Å²) in [4.78, 5) is 11.5. The molecule has 0 saturated carbocycles. The normalized spacial score (nSPS) is 23.9. The molecule has 142 valence electrons. The Bertz CT molecular complexity index is 558.